The Labute approximate surface area is 91.9 Å². The molecule has 1 aliphatic carbocycles. The van der Waals surface area contributed by atoms with Gasteiger partial charge in [-0.2, -0.15) is 0 Å². The first kappa shape index (κ1) is 9.26. The van der Waals surface area contributed by atoms with Crippen LogP contribution in [0.25, 0.3) is 0 Å². The molecule has 1 aromatic carbocycles. The Bertz CT molecular complexity index is 398. The van der Waals surface area contributed by atoms with E-state index in [1.165, 1.54) is 36.9 Å². The summed E-state index contributed by atoms with van der Waals surface area (Å²) in [6, 6.07) is 8.84. The van der Waals surface area contributed by atoms with Crippen molar-refractivity contribution in [2.45, 2.75) is 50.5 Å². The molecule has 3 rings (SSSR count). The minimum absolute atomic E-state index is 0.287. The van der Waals surface area contributed by atoms with Crippen molar-refractivity contribution in [2.75, 3.05) is 5.32 Å². The van der Waals surface area contributed by atoms with Gasteiger partial charge in [0.25, 0.3) is 0 Å². The Morgan fingerprint density at radius 2 is 1.80 bits per heavy atom. The summed E-state index contributed by atoms with van der Waals surface area (Å²) in [7, 11) is 0. The molecule has 1 heteroatoms. The third-order valence-corrected chi connectivity index (χ3v) is 4.75. The Balaban J connectivity index is 2.17. The van der Waals surface area contributed by atoms with Crippen LogP contribution in [-0.4, -0.2) is 5.54 Å². The molecule has 2 atom stereocenters. The molecule has 15 heavy (non-hydrogen) atoms. The van der Waals surface area contributed by atoms with Gasteiger partial charge in [0, 0.05) is 16.6 Å². The second-order valence-electron chi connectivity index (χ2n) is 5.54. The summed E-state index contributed by atoms with van der Waals surface area (Å²) >= 11 is 0. The average molecular weight is 201 g/mol. The zero-order chi connectivity index (χ0) is 10.5. The molecule has 1 saturated carbocycles. The van der Waals surface area contributed by atoms with Crippen molar-refractivity contribution >= 4 is 5.69 Å². The van der Waals surface area contributed by atoms with Gasteiger partial charge in [0.1, 0.15) is 0 Å². The summed E-state index contributed by atoms with van der Waals surface area (Å²) in [5.41, 5.74) is 3.54. The molecule has 1 fully saturated rings. The van der Waals surface area contributed by atoms with E-state index in [0.717, 1.165) is 0 Å². The maximum Gasteiger partial charge on any atom is 0.0440 e. The average Bonchev–Trinajstić information content (AvgIpc) is 2.47. The SMILES string of the molecule is C[C@@]12CCCC[C@]1(C)c1ccccc1N2. The smallest absolute Gasteiger partial charge is 0.0440 e. The van der Waals surface area contributed by atoms with E-state index in [0.29, 0.717) is 5.41 Å². The predicted molar refractivity (Wildman–Crippen MR) is 64.3 cm³/mol. The molecule has 1 aliphatic heterocycles. The molecule has 0 bridgehead atoms. The first-order valence-electron chi connectivity index (χ1n) is 6.03. The van der Waals surface area contributed by atoms with Crippen LogP contribution < -0.4 is 5.32 Å². The van der Waals surface area contributed by atoms with Gasteiger partial charge in [-0.1, -0.05) is 38.0 Å². The molecular weight excluding hydrogens is 182 g/mol. The van der Waals surface area contributed by atoms with Gasteiger partial charge in [-0.3, -0.25) is 0 Å². The lowest BCUT2D eigenvalue weighted by molar-refractivity contribution is 0.214. The van der Waals surface area contributed by atoms with Crippen LogP contribution in [0.1, 0.15) is 45.1 Å². The molecule has 80 valence electrons. The van der Waals surface area contributed by atoms with E-state index in [4.69, 9.17) is 0 Å². The van der Waals surface area contributed by atoms with Crippen LogP contribution in [0.4, 0.5) is 5.69 Å². The molecule has 1 N–H and O–H groups in total. The quantitative estimate of drug-likeness (QED) is 0.675. The minimum Gasteiger partial charge on any atom is -0.379 e. The molecule has 0 aromatic heterocycles. The minimum atomic E-state index is 0.287. The number of nitrogens with one attached hydrogen (secondary N) is 1. The molecule has 0 amide bonds. The van der Waals surface area contributed by atoms with Crippen LogP contribution in [0.5, 0.6) is 0 Å². The molecule has 2 aliphatic rings. The van der Waals surface area contributed by atoms with Gasteiger partial charge >= 0.3 is 0 Å². The lowest BCUT2D eigenvalue weighted by Gasteiger charge is -2.45. The van der Waals surface area contributed by atoms with Crippen LogP contribution in [0.2, 0.25) is 0 Å². The van der Waals surface area contributed by atoms with Crippen LogP contribution >= 0.6 is 0 Å². The van der Waals surface area contributed by atoms with Crippen molar-refractivity contribution in [1.29, 1.82) is 0 Å². The van der Waals surface area contributed by atoms with Crippen molar-refractivity contribution in [2.24, 2.45) is 0 Å². The van der Waals surface area contributed by atoms with E-state index >= 15 is 0 Å². The lowest BCUT2D eigenvalue weighted by Crippen LogP contribution is -2.50. The van der Waals surface area contributed by atoms with Gasteiger partial charge in [-0.15, -0.1) is 0 Å². The zero-order valence-corrected chi connectivity index (χ0v) is 9.64. The van der Waals surface area contributed by atoms with Crippen LogP contribution in [0.3, 0.4) is 0 Å². The Morgan fingerprint density at radius 1 is 1.07 bits per heavy atom. The normalized spacial score (nSPS) is 38.0. The highest BCUT2D eigenvalue weighted by molar-refractivity contribution is 5.64. The summed E-state index contributed by atoms with van der Waals surface area (Å²) in [6.45, 7) is 4.83. The first-order chi connectivity index (χ1) is 7.16. The first-order valence-corrected chi connectivity index (χ1v) is 6.03. The Kier molecular flexibility index (Phi) is 1.72. The van der Waals surface area contributed by atoms with Gasteiger partial charge in [0.05, 0.1) is 0 Å². The van der Waals surface area contributed by atoms with Gasteiger partial charge in [0.15, 0.2) is 0 Å². The summed E-state index contributed by atoms with van der Waals surface area (Å²) < 4.78 is 0. The molecule has 0 radical (unpaired) electrons. The Morgan fingerprint density at radius 3 is 2.67 bits per heavy atom. The fourth-order valence-corrected chi connectivity index (χ4v) is 3.51. The van der Waals surface area contributed by atoms with Crippen molar-refractivity contribution in [3.63, 3.8) is 0 Å². The highest BCUT2D eigenvalue weighted by Gasteiger charge is 2.52. The fraction of sp³-hybridized carbons (Fsp3) is 0.571. The van der Waals surface area contributed by atoms with Crippen molar-refractivity contribution in [3.05, 3.63) is 29.8 Å². The largest absolute Gasteiger partial charge is 0.379 e. The third-order valence-electron chi connectivity index (χ3n) is 4.75. The number of fused-ring (bicyclic) bond motifs is 3. The number of anilines is 1. The zero-order valence-electron chi connectivity index (χ0n) is 9.64. The monoisotopic (exact) mass is 201 g/mol. The molecule has 1 aromatic rings. The lowest BCUT2D eigenvalue weighted by atomic mass is 9.62. The van der Waals surface area contributed by atoms with Gasteiger partial charge in [-0.25, -0.2) is 0 Å². The van der Waals surface area contributed by atoms with Crippen LogP contribution in [0.15, 0.2) is 24.3 Å². The summed E-state index contributed by atoms with van der Waals surface area (Å²) in [6.07, 6.45) is 5.38. The molecule has 0 saturated heterocycles. The number of benzene rings is 1. The van der Waals surface area contributed by atoms with E-state index < -0.39 is 0 Å². The van der Waals surface area contributed by atoms with Gasteiger partial charge in [0.2, 0.25) is 0 Å². The molecular formula is C14H19N. The summed E-state index contributed by atoms with van der Waals surface area (Å²) in [5.74, 6) is 0. The summed E-state index contributed by atoms with van der Waals surface area (Å²) in [4.78, 5) is 0. The number of para-hydroxylation sites is 1. The highest BCUT2D eigenvalue weighted by Crippen LogP contribution is 2.54. The van der Waals surface area contributed by atoms with Crippen molar-refractivity contribution in [3.8, 4) is 0 Å². The topological polar surface area (TPSA) is 12.0 Å². The van der Waals surface area contributed by atoms with Crippen LogP contribution in [0, 0.1) is 0 Å². The second-order valence-corrected chi connectivity index (χ2v) is 5.54. The van der Waals surface area contributed by atoms with Gasteiger partial charge < -0.3 is 5.32 Å². The van der Waals surface area contributed by atoms with E-state index in [9.17, 15) is 0 Å². The number of rotatable bonds is 0. The maximum absolute atomic E-state index is 3.75. The molecule has 1 heterocycles. The second kappa shape index (κ2) is 2.78. The molecule has 1 nitrogen and oxygen atoms in total. The van der Waals surface area contributed by atoms with Crippen molar-refractivity contribution in [1.82, 2.24) is 0 Å². The predicted octanol–water partition coefficient (Wildman–Crippen LogP) is 3.70. The third kappa shape index (κ3) is 1.04. The number of hydrogen-bond donors (Lipinski definition) is 1. The highest BCUT2D eigenvalue weighted by atomic mass is 15.0. The van der Waals surface area contributed by atoms with E-state index in [-0.39, 0.29) is 5.54 Å². The van der Waals surface area contributed by atoms with Crippen LogP contribution in [-0.2, 0) is 5.41 Å². The maximum atomic E-state index is 3.75. The van der Waals surface area contributed by atoms with Crippen molar-refractivity contribution < 1.29 is 0 Å². The summed E-state index contributed by atoms with van der Waals surface area (Å²) in [5, 5.41) is 3.75. The van der Waals surface area contributed by atoms with Gasteiger partial charge in [-0.05, 0) is 31.4 Å². The van der Waals surface area contributed by atoms with E-state index in [1.54, 1.807) is 0 Å². The Hall–Kier alpha value is -0.980. The number of hydrogen-bond acceptors (Lipinski definition) is 1. The molecule has 0 spiro atoms. The van der Waals surface area contributed by atoms with E-state index in [2.05, 4.69) is 43.4 Å². The van der Waals surface area contributed by atoms with E-state index in [1.807, 2.05) is 0 Å². The fourth-order valence-electron chi connectivity index (χ4n) is 3.51. The standard InChI is InChI=1S/C14H19N/c1-13-9-5-6-10-14(13,2)15-12-8-4-3-7-11(12)13/h3-4,7-8,15H,5-6,9-10H2,1-2H3/t13-,14-/m1/s1. The molecule has 0 unspecified atom stereocenters.